The molecule has 8 atom stereocenters. The predicted octanol–water partition coefficient (Wildman–Crippen LogP) is 5.36. The highest BCUT2D eigenvalue weighted by Gasteiger charge is 2.61. The molecule has 4 fully saturated rings. The molecule has 0 amide bonds. The van der Waals surface area contributed by atoms with Crippen molar-refractivity contribution in [1.82, 2.24) is 0 Å². The summed E-state index contributed by atoms with van der Waals surface area (Å²) >= 11 is 3.43. The molecule has 4 rings (SSSR count). The number of aliphatic hydroxyl groups is 1. The van der Waals surface area contributed by atoms with Gasteiger partial charge in [0.05, 0.1) is 10.9 Å². The number of rotatable bonds is 2. The van der Waals surface area contributed by atoms with E-state index in [1.807, 2.05) is 6.92 Å². The monoisotopic (exact) mass is 410 g/mol. The van der Waals surface area contributed by atoms with Crippen molar-refractivity contribution in [2.24, 2.45) is 40.4 Å². The van der Waals surface area contributed by atoms with Gasteiger partial charge >= 0.3 is 0 Å². The molecule has 0 spiro atoms. The lowest BCUT2D eigenvalue weighted by atomic mass is 9.44. The van der Waals surface area contributed by atoms with Crippen LogP contribution in [-0.2, 0) is 4.79 Å². The van der Waals surface area contributed by atoms with Gasteiger partial charge in [0.1, 0.15) is 5.78 Å². The van der Waals surface area contributed by atoms with Crippen molar-refractivity contribution in [1.29, 1.82) is 0 Å². The molecule has 4 aliphatic rings. The summed E-state index contributed by atoms with van der Waals surface area (Å²) in [7, 11) is 0. The minimum atomic E-state index is -0.444. The second-order valence-electron chi connectivity index (χ2n) is 10.6. The first kappa shape index (κ1) is 18.5. The van der Waals surface area contributed by atoms with E-state index >= 15 is 0 Å². The van der Waals surface area contributed by atoms with E-state index in [9.17, 15) is 9.90 Å². The zero-order valence-electron chi connectivity index (χ0n) is 16.2. The van der Waals surface area contributed by atoms with Crippen molar-refractivity contribution in [3.63, 3.8) is 0 Å². The number of hydrogen-bond acceptors (Lipinski definition) is 2. The lowest BCUT2D eigenvalue weighted by molar-refractivity contribution is -0.150. The molecule has 0 saturated heterocycles. The van der Waals surface area contributed by atoms with Crippen molar-refractivity contribution in [3.8, 4) is 0 Å². The smallest absolute Gasteiger partial charge is 0.147 e. The van der Waals surface area contributed by atoms with Gasteiger partial charge in [-0.1, -0.05) is 29.8 Å². The van der Waals surface area contributed by atoms with Crippen molar-refractivity contribution >= 4 is 21.7 Å². The van der Waals surface area contributed by atoms with Gasteiger partial charge in [-0.15, -0.1) is 0 Å². The zero-order valence-corrected chi connectivity index (χ0v) is 17.8. The normalized spacial score (nSPS) is 55.2. The van der Waals surface area contributed by atoms with E-state index in [0.29, 0.717) is 22.4 Å². The Kier molecular flexibility index (Phi) is 4.47. The number of carbonyl (C=O) groups excluding carboxylic acids is 1. The van der Waals surface area contributed by atoms with E-state index < -0.39 is 5.60 Å². The molecule has 0 aromatic carbocycles. The summed E-state index contributed by atoms with van der Waals surface area (Å²) in [6.07, 6.45) is 10.7. The van der Waals surface area contributed by atoms with Gasteiger partial charge in [-0.3, -0.25) is 4.79 Å². The van der Waals surface area contributed by atoms with Gasteiger partial charge in [-0.25, -0.2) is 0 Å². The van der Waals surface area contributed by atoms with Crippen LogP contribution in [0, 0.1) is 40.4 Å². The summed E-state index contributed by atoms with van der Waals surface area (Å²) in [5.41, 5.74) is 0.223. The molecule has 4 aliphatic carbocycles. The molecule has 0 aromatic rings. The minimum absolute atomic E-state index is 0.245. The molecule has 1 N–H and O–H groups in total. The van der Waals surface area contributed by atoms with Crippen molar-refractivity contribution in [2.75, 3.05) is 5.33 Å². The predicted molar refractivity (Wildman–Crippen MR) is 105 cm³/mol. The molecule has 0 aromatic heterocycles. The Bertz CT molecular complexity index is 558. The van der Waals surface area contributed by atoms with Gasteiger partial charge in [-0.2, -0.15) is 0 Å². The van der Waals surface area contributed by atoms with Crippen molar-refractivity contribution in [2.45, 2.75) is 84.2 Å². The summed E-state index contributed by atoms with van der Waals surface area (Å²) in [5, 5.41) is 11.1. The second kappa shape index (κ2) is 6.06. The molecule has 142 valence electrons. The number of ketones is 1. The quantitative estimate of drug-likeness (QED) is 0.621. The number of hydrogen-bond donors (Lipinski definition) is 1. The van der Waals surface area contributed by atoms with Crippen molar-refractivity contribution < 1.29 is 9.90 Å². The Morgan fingerprint density at radius 2 is 1.68 bits per heavy atom. The molecule has 0 radical (unpaired) electrons. The number of Topliss-reactive ketones (excluding diaryl/α,β-unsaturated/α-hetero) is 1. The topological polar surface area (TPSA) is 37.3 Å². The van der Waals surface area contributed by atoms with Crippen LogP contribution in [0.3, 0.4) is 0 Å². The van der Waals surface area contributed by atoms with E-state index in [0.717, 1.165) is 37.0 Å². The first-order chi connectivity index (χ1) is 11.7. The summed E-state index contributed by atoms with van der Waals surface area (Å²) < 4.78 is 0. The van der Waals surface area contributed by atoms with Crippen LogP contribution < -0.4 is 0 Å². The van der Waals surface area contributed by atoms with Gasteiger partial charge < -0.3 is 5.11 Å². The highest BCUT2D eigenvalue weighted by atomic mass is 79.9. The van der Waals surface area contributed by atoms with Gasteiger partial charge in [0.25, 0.3) is 0 Å². The number of halogens is 1. The maximum absolute atomic E-state index is 12.5. The first-order valence-electron chi connectivity index (χ1n) is 10.5. The fraction of sp³-hybridized carbons (Fsp3) is 0.955. The van der Waals surface area contributed by atoms with E-state index in [-0.39, 0.29) is 11.3 Å². The Balaban J connectivity index is 1.59. The fourth-order valence-electron chi connectivity index (χ4n) is 8.05. The highest BCUT2D eigenvalue weighted by Crippen LogP contribution is 2.68. The van der Waals surface area contributed by atoms with Crippen LogP contribution in [0.15, 0.2) is 0 Å². The molecular weight excluding hydrogens is 376 g/mol. The standard InChI is InChI=1S/C22H35BrO2/c1-20(25)10-11-21(2)14(12-20)4-5-15-16-6-7-18(19(24)13-23)22(16,3)9-8-17(15)21/h14-18,25H,4-13H2,1-3H3/t14-,15+,16+,17+,18?,20-,21+,22+/m1/s1. The van der Waals surface area contributed by atoms with E-state index in [2.05, 4.69) is 29.8 Å². The maximum atomic E-state index is 12.5. The molecular formula is C22H35BrO2. The van der Waals surface area contributed by atoms with Crippen molar-refractivity contribution in [3.05, 3.63) is 0 Å². The Morgan fingerprint density at radius 1 is 0.960 bits per heavy atom. The van der Waals surface area contributed by atoms with Gasteiger partial charge in [0.15, 0.2) is 0 Å². The van der Waals surface area contributed by atoms with Crippen LogP contribution in [0.5, 0.6) is 0 Å². The number of fused-ring (bicyclic) bond motifs is 5. The molecule has 0 aliphatic heterocycles. The van der Waals surface area contributed by atoms with Crippen LogP contribution in [0.25, 0.3) is 0 Å². The lowest BCUT2D eigenvalue weighted by Gasteiger charge is -2.61. The molecule has 0 heterocycles. The van der Waals surface area contributed by atoms with Crippen LogP contribution in [0.4, 0.5) is 0 Å². The Labute approximate surface area is 161 Å². The molecule has 3 heteroatoms. The van der Waals surface area contributed by atoms with Crippen LogP contribution in [0.1, 0.15) is 78.6 Å². The second-order valence-corrected chi connectivity index (χ2v) is 11.2. The first-order valence-corrected chi connectivity index (χ1v) is 11.6. The average Bonchev–Trinajstić information content (AvgIpc) is 2.92. The third-order valence-electron chi connectivity index (χ3n) is 9.47. The van der Waals surface area contributed by atoms with E-state index in [1.54, 1.807) is 0 Å². The minimum Gasteiger partial charge on any atom is -0.390 e. The largest absolute Gasteiger partial charge is 0.390 e. The van der Waals surface area contributed by atoms with Crippen LogP contribution in [-0.4, -0.2) is 21.8 Å². The zero-order chi connectivity index (χ0) is 18.0. The third kappa shape index (κ3) is 2.70. The van der Waals surface area contributed by atoms with Gasteiger partial charge in [-0.05, 0) is 99.2 Å². The number of carbonyl (C=O) groups is 1. The summed E-state index contributed by atoms with van der Waals surface area (Å²) in [6, 6.07) is 0. The van der Waals surface area contributed by atoms with Gasteiger partial charge in [0.2, 0.25) is 0 Å². The Morgan fingerprint density at radius 3 is 2.40 bits per heavy atom. The van der Waals surface area contributed by atoms with Gasteiger partial charge in [0, 0.05) is 5.92 Å². The highest BCUT2D eigenvalue weighted by molar-refractivity contribution is 9.09. The lowest BCUT2D eigenvalue weighted by Crippen LogP contribution is -2.55. The molecule has 2 nitrogen and oxygen atoms in total. The third-order valence-corrected chi connectivity index (χ3v) is 10.0. The maximum Gasteiger partial charge on any atom is 0.147 e. The molecule has 0 bridgehead atoms. The fourth-order valence-corrected chi connectivity index (χ4v) is 8.44. The summed E-state index contributed by atoms with van der Waals surface area (Å²) in [4.78, 5) is 12.5. The molecule has 1 unspecified atom stereocenters. The Hall–Kier alpha value is 0.110. The molecule has 25 heavy (non-hydrogen) atoms. The van der Waals surface area contributed by atoms with E-state index in [4.69, 9.17) is 0 Å². The number of alkyl halides is 1. The summed E-state index contributed by atoms with van der Waals surface area (Å²) in [6.45, 7) is 7.03. The van der Waals surface area contributed by atoms with E-state index in [1.165, 1.54) is 38.5 Å². The molecule has 4 saturated carbocycles. The van der Waals surface area contributed by atoms with Crippen LogP contribution >= 0.6 is 15.9 Å². The SMILES string of the molecule is C[C@@]1(O)CC[C@@]2(C)[C@H](CC[C@@H]3[C@@H]2CC[C@]2(C)C(C(=O)CBr)CC[C@@H]32)C1. The summed E-state index contributed by atoms with van der Waals surface area (Å²) in [5.74, 6) is 3.81. The van der Waals surface area contributed by atoms with Crippen LogP contribution in [0.2, 0.25) is 0 Å². The average molecular weight is 411 g/mol.